The molecule has 102 valence electrons. The Labute approximate surface area is 116 Å². The zero-order valence-corrected chi connectivity index (χ0v) is 11.7. The van der Waals surface area contributed by atoms with E-state index in [1.54, 1.807) is 25.1 Å². The van der Waals surface area contributed by atoms with Gasteiger partial charge in [0.1, 0.15) is 0 Å². The summed E-state index contributed by atoms with van der Waals surface area (Å²) in [7, 11) is 4.67. The monoisotopic (exact) mass is 283 g/mol. The van der Waals surface area contributed by atoms with Gasteiger partial charge in [-0.05, 0) is 36.0 Å². The maximum Gasteiger partial charge on any atom is 0.330 e. The van der Waals surface area contributed by atoms with Crippen molar-refractivity contribution in [3.05, 3.63) is 35.7 Å². The molecule has 1 aromatic carbocycles. The molecule has 0 aliphatic rings. The summed E-state index contributed by atoms with van der Waals surface area (Å²) in [4.78, 5) is 12.5. The van der Waals surface area contributed by atoms with Crippen LogP contribution in [0, 0.1) is 5.82 Å². The molecular formula is C13H14FNO3S. The summed E-state index contributed by atoms with van der Waals surface area (Å²) in [5.74, 6) is -1.03. The van der Waals surface area contributed by atoms with Crippen molar-refractivity contribution < 1.29 is 18.7 Å². The second-order valence-corrected chi connectivity index (χ2v) is 4.16. The van der Waals surface area contributed by atoms with E-state index in [-0.39, 0.29) is 10.9 Å². The molecule has 6 heteroatoms. The number of hydrogen-bond acceptors (Lipinski definition) is 4. The Morgan fingerprint density at radius 3 is 2.63 bits per heavy atom. The lowest BCUT2D eigenvalue weighted by Gasteiger charge is -2.14. The quantitative estimate of drug-likeness (QED) is 0.483. The van der Waals surface area contributed by atoms with Crippen LogP contribution < -0.4 is 4.74 Å². The molecule has 0 saturated heterocycles. The van der Waals surface area contributed by atoms with Crippen molar-refractivity contribution >= 4 is 29.4 Å². The molecular weight excluding hydrogens is 269 g/mol. The topological polar surface area (TPSA) is 38.8 Å². The van der Waals surface area contributed by atoms with Crippen LogP contribution in [0.15, 0.2) is 24.3 Å². The van der Waals surface area contributed by atoms with Crippen LogP contribution in [-0.4, -0.2) is 37.2 Å². The predicted molar refractivity (Wildman–Crippen MR) is 74.4 cm³/mol. The Balaban J connectivity index is 2.83. The van der Waals surface area contributed by atoms with Crippen molar-refractivity contribution in [1.82, 2.24) is 4.90 Å². The number of rotatable bonds is 3. The van der Waals surface area contributed by atoms with Crippen LogP contribution in [0.3, 0.4) is 0 Å². The summed E-state index contributed by atoms with van der Waals surface area (Å²) >= 11 is 4.92. The summed E-state index contributed by atoms with van der Waals surface area (Å²) < 4.78 is 23.3. The molecule has 0 unspecified atom stereocenters. The maximum atomic E-state index is 13.7. The first kappa shape index (κ1) is 15.1. The van der Waals surface area contributed by atoms with E-state index >= 15 is 0 Å². The van der Waals surface area contributed by atoms with Gasteiger partial charge < -0.3 is 14.4 Å². The zero-order chi connectivity index (χ0) is 14.4. The molecule has 19 heavy (non-hydrogen) atoms. The van der Waals surface area contributed by atoms with Crippen molar-refractivity contribution in [1.29, 1.82) is 0 Å². The standard InChI is InChI=1S/C13H14FNO3S/c1-15(2)13(19)18-11-6-4-9(8-10(11)14)5-7-12(16)17-3/h4-8H,1-3H3. The average Bonchev–Trinajstić information content (AvgIpc) is 2.38. The van der Waals surface area contributed by atoms with Gasteiger partial charge in [-0.2, -0.15) is 0 Å². The minimum atomic E-state index is -0.559. The number of halogens is 1. The molecule has 0 spiro atoms. The van der Waals surface area contributed by atoms with Crippen LogP contribution in [0.4, 0.5) is 4.39 Å². The Kier molecular flexibility index (Phi) is 5.44. The third-order valence-corrected chi connectivity index (χ3v) is 2.58. The van der Waals surface area contributed by atoms with Gasteiger partial charge in [-0.15, -0.1) is 0 Å². The number of esters is 1. The van der Waals surface area contributed by atoms with Gasteiger partial charge in [0.05, 0.1) is 7.11 Å². The predicted octanol–water partition coefficient (Wildman–Crippen LogP) is 2.24. The Morgan fingerprint density at radius 2 is 2.11 bits per heavy atom. The number of thiocarbonyl (C=S) groups is 1. The van der Waals surface area contributed by atoms with Crippen molar-refractivity contribution in [3.63, 3.8) is 0 Å². The van der Waals surface area contributed by atoms with Crippen molar-refractivity contribution in [2.45, 2.75) is 0 Å². The first-order chi connectivity index (χ1) is 8.93. The molecule has 0 aromatic heterocycles. The van der Waals surface area contributed by atoms with Crippen LogP contribution in [0.25, 0.3) is 6.08 Å². The highest BCUT2D eigenvalue weighted by Gasteiger charge is 2.08. The highest BCUT2D eigenvalue weighted by molar-refractivity contribution is 7.80. The first-order valence-electron chi connectivity index (χ1n) is 5.38. The van der Waals surface area contributed by atoms with Gasteiger partial charge in [0, 0.05) is 20.2 Å². The first-order valence-corrected chi connectivity index (χ1v) is 5.79. The van der Waals surface area contributed by atoms with Crippen LogP contribution in [-0.2, 0) is 9.53 Å². The number of carbonyl (C=O) groups is 1. The van der Waals surface area contributed by atoms with E-state index in [1.807, 2.05) is 0 Å². The Hall–Kier alpha value is -1.95. The van der Waals surface area contributed by atoms with Crippen molar-refractivity contribution in [3.8, 4) is 5.75 Å². The third-order valence-electron chi connectivity index (χ3n) is 2.13. The fourth-order valence-corrected chi connectivity index (χ4v) is 1.21. The third kappa shape index (κ3) is 4.67. The number of carbonyl (C=O) groups excluding carboxylic acids is 1. The minimum Gasteiger partial charge on any atom is -0.466 e. The molecule has 0 atom stereocenters. The lowest BCUT2D eigenvalue weighted by molar-refractivity contribution is -0.134. The fourth-order valence-electron chi connectivity index (χ4n) is 1.12. The van der Waals surface area contributed by atoms with Gasteiger partial charge in [-0.3, -0.25) is 0 Å². The van der Waals surface area contributed by atoms with Gasteiger partial charge in [-0.25, -0.2) is 9.18 Å². The van der Waals surface area contributed by atoms with E-state index in [0.717, 1.165) is 0 Å². The van der Waals surface area contributed by atoms with Gasteiger partial charge >= 0.3 is 5.97 Å². The maximum absolute atomic E-state index is 13.7. The molecule has 0 fully saturated rings. The molecule has 0 bridgehead atoms. The average molecular weight is 283 g/mol. The summed E-state index contributed by atoms with van der Waals surface area (Å²) in [6.45, 7) is 0. The van der Waals surface area contributed by atoms with E-state index in [1.165, 1.54) is 31.4 Å². The number of ether oxygens (including phenoxy) is 2. The van der Waals surface area contributed by atoms with Crippen LogP contribution in [0.5, 0.6) is 5.75 Å². The number of hydrogen-bond donors (Lipinski definition) is 0. The summed E-state index contributed by atoms with van der Waals surface area (Å²) in [5, 5.41) is 0.164. The number of methoxy groups -OCH3 is 1. The fraction of sp³-hybridized carbons (Fsp3) is 0.231. The molecule has 1 rings (SSSR count). The number of nitrogens with zero attached hydrogens (tertiary/aromatic N) is 1. The summed E-state index contributed by atoms with van der Waals surface area (Å²) in [5.41, 5.74) is 0.519. The largest absolute Gasteiger partial charge is 0.466 e. The van der Waals surface area contributed by atoms with E-state index in [4.69, 9.17) is 17.0 Å². The van der Waals surface area contributed by atoms with Gasteiger partial charge in [0.2, 0.25) is 0 Å². The van der Waals surface area contributed by atoms with Gasteiger partial charge in [-0.1, -0.05) is 6.07 Å². The second-order valence-electron chi connectivity index (χ2n) is 3.81. The Morgan fingerprint density at radius 1 is 1.42 bits per heavy atom. The summed E-state index contributed by atoms with van der Waals surface area (Å²) in [6, 6.07) is 4.30. The second kappa shape index (κ2) is 6.84. The molecule has 0 saturated carbocycles. The van der Waals surface area contributed by atoms with Crippen LogP contribution in [0.1, 0.15) is 5.56 Å². The lowest BCUT2D eigenvalue weighted by Crippen LogP contribution is -2.25. The van der Waals surface area contributed by atoms with Crippen molar-refractivity contribution in [2.75, 3.05) is 21.2 Å². The lowest BCUT2D eigenvalue weighted by atomic mass is 10.2. The van der Waals surface area contributed by atoms with Crippen LogP contribution >= 0.6 is 12.2 Å². The summed E-state index contributed by atoms with van der Waals surface area (Å²) in [6.07, 6.45) is 2.66. The molecule has 0 aliphatic heterocycles. The van der Waals surface area contributed by atoms with E-state index < -0.39 is 11.8 Å². The molecule has 0 N–H and O–H groups in total. The van der Waals surface area contributed by atoms with E-state index in [0.29, 0.717) is 5.56 Å². The SMILES string of the molecule is COC(=O)C=Cc1ccc(OC(=S)N(C)C)c(F)c1. The zero-order valence-electron chi connectivity index (χ0n) is 10.8. The molecule has 0 aliphatic carbocycles. The Bertz CT molecular complexity index is 515. The van der Waals surface area contributed by atoms with Gasteiger partial charge in [0.15, 0.2) is 11.6 Å². The van der Waals surface area contributed by atoms with Crippen molar-refractivity contribution in [2.24, 2.45) is 0 Å². The molecule has 0 heterocycles. The molecule has 1 aromatic rings. The van der Waals surface area contributed by atoms with Gasteiger partial charge in [0.25, 0.3) is 5.17 Å². The molecule has 0 radical (unpaired) electrons. The minimum absolute atomic E-state index is 0.0360. The van der Waals surface area contributed by atoms with Crippen LogP contribution in [0.2, 0.25) is 0 Å². The molecule has 4 nitrogen and oxygen atoms in total. The highest BCUT2D eigenvalue weighted by Crippen LogP contribution is 2.19. The van der Waals surface area contributed by atoms with E-state index in [2.05, 4.69) is 4.74 Å². The van der Waals surface area contributed by atoms with E-state index in [9.17, 15) is 9.18 Å². The highest BCUT2D eigenvalue weighted by atomic mass is 32.1. The smallest absolute Gasteiger partial charge is 0.330 e. The number of benzene rings is 1. The normalized spacial score (nSPS) is 10.3. The molecule has 0 amide bonds.